The van der Waals surface area contributed by atoms with Crippen LogP contribution in [0, 0.1) is 17.6 Å². The molecule has 1 aromatic rings. The van der Waals surface area contributed by atoms with Crippen molar-refractivity contribution in [2.45, 2.75) is 18.2 Å². The molecule has 0 aromatic heterocycles. The van der Waals surface area contributed by atoms with Crippen LogP contribution in [-0.4, -0.2) is 26.7 Å². The minimum Gasteiger partial charge on any atom is -0.399 e. The zero-order chi connectivity index (χ0) is 14.6. The van der Waals surface area contributed by atoms with Crippen molar-refractivity contribution >= 4 is 15.7 Å². The lowest BCUT2D eigenvalue weighted by Crippen LogP contribution is -2.29. The monoisotopic (exact) mass is 294 g/mol. The van der Waals surface area contributed by atoms with Gasteiger partial charge in [-0.2, -0.15) is 0 Å². The Labute approximate surface area is 110 Å². The molecule has 0 bridgehead atoms. The molecule has 0 radical (unpaired) electrons. The summed E-state index contributed by atoms with van der Waals surface area (Å²) in [7, 11) is -4.18. The number of nitrogen functional groups attached to an aromatic ring is 1. The minimum atomic E-state index is -4.18. The first-order valence-corrected chi connectivity index (χ1v) is 7.11. The van der Waals surface area contributed by atoms with E-state index in [9.17, 15) is 17.2 Å². The van der Waals surface area contributed by atoms with E-state index in [4.69, 9.17) is 10.8 Å². The van der Waals surface area contributed by atoms with Crippen molar-refractivity contribution in [2.75, 3.05) is 18.9 Å². The molecule has 0 fully saturated rings. The molecule has 0 heterocycles. The van der Waals surface area contributed by atoms with Crippen LogP contribution in [0.15, 0.2) is 17.0 Å². The predicted molar refractivity (Wildman–Crippen MR) is 66.8 cm³/mol. The predicted octanol–water partition coefficient (Wildman–Crippen LogP) is 0.844. The third-order valence-corrected chi connectivity index (χ3v) is 3.97. The van der Waals surface area contributed by atoms with Gasteiger partial charge in [-0.3, -0.25) is 0 Å². The number of sulfonamides is 1. The second-order valence-corrected chi connectivity index (χ2v) is 6.02. The van der Waals surface area contributed by atoms with Gasteiger partial charge in [0.15, 0.2) is 11.6 Å². The van der Waals surface area contributed by atoms with Crippen molar-refractivity contribution in [1.82, 2.24) is 4.72 Å². The quantitative estimate of drug-likeness (QED) is 0.678. The van der Waals surface area contributed by atoms with Gasteiger partial charge in [0.05, 0.1) is 0 Å². The zero-order valence-electron chi connectivity index (χ0n) is 10.4. The largest absolute Gasteiger partial charge is 0.399 e. The topological polar surface area (TPSA) is 92.4 Å². The molecule has 8 heteroatoms. The van der Waals surface area contributed by atoms with Gasteiger partial charge in [0.2, 0.25) is 10.0 Å². The van der Waals surface area contributed by atoms with Crippen LogP contribution in [0.1, 0.15) is 13.3 Å². The first-order valence-electron chi connectivity index (χ1n) is 5.63. The van der Waals surface area contributed by atoms with Crippen molar-refractivity contribution in [2.24, 2.45) is 5.92 Å². The highest BCUT2D eigenvalue weighted by atomic mass is 32.2. The number of benzene rings is 1. The van der Waals surface area contributed by atoms with Gasteiger partial charge in [0.25, 0.3) is 0 Å². The molecule has 1 aromatic carbocycles. The van der Waals surface area contributed by atoms with Gasteiger partial charge in [-0.1, -0.05) is 6.92 Å². The molecule has 0 aliphatic rings. The summed E-state index contributed by atoms with van der Waals surface area (Å²) in [6.45, 7) is 1.65. The highest BCUT2D eigenvalue weighted by molar-refractivity contribution is 7.89. The van der Waals surface area contributed by atoms with Gasteiger partial charge in [0, 0.05) is 18.8 Å². The second kappa shape index (κ2) is 6.27. The SMILES string of the molecule is CC(CCO)CNS(=O)(=O)c1cc(N)cc(F)c1F. The summed E-state index contributed by atoms with van der Waals surface area (Å²) in [4.78, 5) is -0.818. The standard InChI is InChI=1S/C11H16F2N2O3S/c1-7(2-3-16)6-15-19(17,18)10-5-8(14)4-9(12)11(10)13/h4-5,7,15-16H,2-3,6,14H2,1H3. The summed E-state index contributed by atoms with van der Waals surface area (Å²) in [6, 6.07) is 1.57. The lowest BCUT2D eigenvalue weighted by atomic mass is 10.1. The second-order valence-electron chi connectivity index (χ2n) is 4.28. The zero-order valence-corrected chi connectivity index (χ0v) is 11.2. The smallest absolute Gasteiger partial charge is 0.243 e. The molecular weight excluding hydrogens is 278 g/mol. The molecule has 1 unspecified atom stereocenters. The first kappa shape index (κ1) is 15.8. The van der Waals surface area contributed by atoms with E-state index in [0.717, 1.165) is 6.07 Å². The Morgan fingerprint density at radius 2 is 2.05 bits per heavy atom. The van der Waals surface area contributed by atoms with Crippen LogP contribution in [0.2, 0.25) is 0 Å². The maximum absolute atomic E-state index is 13.5. The lowest BCUT2D eigenvalue weighted by molar-refractivity contribution is 0.263. The molecule has 0 amide bonds. The van der Waals surface area contributed by atoms with Crippen LogP contribution in [0.4, 0.5) is 14.5 Å². The fourth-order valence-corrected chi connectivity index (χ4v) is 2.72. The normalized spacial score (nSPS) is 13.5. The Balaban J connectivity index is 2.95. The maximum Gasteiger partial charge on any atom is 0.243 e. The fourth-order valence-electron chi connectivity index (χ4n) is 1.43. The number of aliphatic hydroxyl groups excluding tert-OH is 1. The Bertz CT molecular complexity index is 549. The molecule has 4 N–H and O–H groups in total. The molecule has 0 aliphatic carbocycles. The van der Waals surface area contributed by atoms with Crippen LogP contribution >= 0.6 is 0 Å². The molecule has 1 atom stereocenters. The van der Waals surface area contributed by atoms with E-state index in [1.54, 1.807) is 6.92 Å². The van der Waals surface area contributed by atoms with Crippen LogP contribution in [-0.2, 0) is 10.0 Å². The van der Waals surface area contributed by atoms with Crippen molar-refractivity contribution in [1.29, 1.82) is 0 Å². The molecule has 108 valence electrons. The average Bonchev–Trinajstić information content (AvgIpc) is 2.31. The van der Waals surface area contributed by atoms with Gasteiger partial charge >= 0.3 is 0 Å². The summed E-state index contributed by atoms with van der Waals surface area (Å²) in [5, 5.41) is 8.70. The van der Waals surface area contributed by atoms with Crippen LogP contribution in [0.3, 0.4) is 0 Å². The van der Waals surface area contributed by atoms with Crippen molar-refractivity contribution in [3.05, 3.63) is 23.8 Å². The molecule has 1 rings (SSSR count). The average molecular weight is 294 g/mol. The third kappa shape index (κ3) is 4.12. The number of hydrogen-bond donors (Lipinski definition) is 3. The van der Waals surface area contributed by atoms with Crippen molar-refractivity contribution in [3.63, 3.8) is 0 Å². The Morgan fingerprint density at radius 1 is 1.42 bits per heavy atom. The molecule has 19 heavy (non-hydrogen) atoms. The number of halogens is 2. The van der Waals surface area contributed by atoms with E-state index in [1.165, 1.54) is 0 Å². The van der Waals surface area contributed by atoms with E-state index in [2.05, 4.69) is 4.72 Å². The molecular formula is C11H16F2N2O3S. The summed E-state index contributed by atoms with van der Waals surface area (Å²) in [6.07, 6.45) is 0.399. The summed E-state index contributed by atoms with van der Waals surface area (Å²) in [5.41, 5.74) is 5.12. The first-order chi connectivity index (χ1) is 8.77. The highest BCUT2D eigenvalue weighted by Gasteiger charge is 2.23. The maximum atomic E-state index is 13.5. The lowest BCUT2D eigenvalue weighted by Gasteiger charge is -2.12. The highest BCUT2D eigenvalue weighted by Crippen LogP contribution is 2.21. The van der Waals surface area contributed by atoms with Gasteiger partial charge in [-0.05, 0) is 24.5 Å². The molecule has 5 nitrogen and oxygen atoms in total. The van der Waals surface area contributed by atoms with Crippen LogP contribution < -0.4 is 10.5 Å². The van der Waals surface area contributed by atoms with Crippen molar-refractivity contribution in [3.8, 4) is 0 Å². The molecule has 0 saturated carbocycles. The summed E-state index contributed by atoms with van der Waals surface area (Å²) in [5.74, 6) is -2.91. The third-order valence-electron chi connectivity index (χ3n) is 2.55. The van der Waals surface area contributed by atoms with Gasteiger partial charge in [0.1, 0.15) is 4.90 Å². The number of nitrogens with two attached hydrogens (primary N) is 1. The van der Waals surface area contributed by atoms with E-state index in [1.807, 2.05) is 0 Å². The number of aliphatic hydroxyl groups is 1. The fraction of sp³-hybridized carbons (Fsp3) is 0.455. The van der Waals surface area contributed by atoms with Crippen LogP contribution in [0.25, 0.3) is 0 Å². The van der Waals surface area contributed by atoms with Crippen molar-refractivity contribution < 1.29 is 22.3 Å². The Hall–Kier alpha value is -1.25. The van der Waals surface area contributed by atoms with E-state index < -0.39 is 26.6 Å². The minimum absolute atomic E-state index is 0.0127. The van der Waals surface area contributed by atoms with Gasteiger partial charge in [-0.15, -0.1) is 0 Å². The van der Waals surface area contributed by atoms with Gasteiger partial charge < -0.3 is 10.8 Å². The van der Waals surface area contributed by atoms with E-state index in [-0.39, 0.29) is 24.8 Å². The molecule has 0 spiro atoms. The number of rotatable bonds is 6. The Morgan fingerprint density at radius 3 is 2.63 bits per heavy atom. The Kier molecular flexibility index (Phi) is 5.21. The summed E-state index contributed by atoms with van der Waals surface area (Å²) < 4.78 is 52.4. The van der Waals surface area contributed by atoms with Gasteiger partial charge in [-0.25, -0.2) is 21.9 Å². The van der Waals surface area contributed by atoms with E-state index >= 15 is 0 Å². The number of hydrogen-bond acceptors (Lipinski definition) is 4. The summed E-state index contributed by atoms with van der Waals surface area (Å²) >= 11 is 0. The molecule has 0 aliphatic heterocycles. The number of anilines is 1. The number of nitrogens with one attached hydrogen (secondary N) is 1. The van der Waals surface area contributed by atoms with E-state index in [0.29, 0.717) is 12.5 Å². The van der Waals surface area contributed by atoms with Crippen LogP contribution in [0.5, 0.6) is 0 Å². The molecule has 0 saturated heterocycles.